The molecule has 0 aromatic heterocycles. The van der Waals surface area contributed by atoms with Gasteiger partial charge in [0.05, 0.1) is 13.0 Å². The van der Waals surface area contributed by atoms with Gasteiger partial charge < -0.3 is 14.2 Å². The van der Waals surface area contributed by atoms with Crippen LogP contribution in [-0.2, 0) is 25.5 Å². The van der Waals surface area contributed by atoms with Gasteiger partial charge in [-0.3, -0.25) is 14.6 Å². The molecule has 0 radical (unpaired) electrons. The molecule has 3 atom stereocenters. The Morgan fingerprint density at radius 3 is 2.30 bits per heavy atom. The fraction of sp³-hybridized carbons (Fsp3) is 0.519. The normalized spacial score (nSPS) is 27.0. The van der Waals surface area contributed by atoms with E-state index in [0.29, 0.717) is 13.0 Å². The lowest BCUT2D eigenvalue weighted by Crippen LogP contribution is -2.61. The highest BCUT2D eigenvalue weighted by Gasteiger charge is 2.41. The van der Waals surface area contributed by atoms with Crippen LogP contribution in [0.25, 0.3) is 0 Å². The van der Waals surface area contributed by atoms with Gasteiger partial charge in [-0.25, -0.2) is 0 Å². The molecule has 4 rings (SSSR count). The van der Waals surface area contributed by atoms with Gasteiger partial charge in [0.1, 0.15) is 0 Å². The van der Waals surface area contributed by atoms with Gasteiger partial charge in [-0.15, -0.1) is 0 Å². The Labute approximate surface area is 197 Å². The number of esters is 1. The third-order valence-corrected chi connectivity index (χ3v) is 6.62. The predicted molar refractivity (Wildman–Crippen MR) is 127 cm³/mol. The molecule has 178 valence electrons. The first-order valence-electron chi connectivity index (χ1n) is 12.1. The smallest absolute Gasteiger partial charge is 0.307 e. The second-order valence-corrected chi connectivity index (χ2v) is 9.04. The van der Waals surface area contributed by atoms with Crippen molar-refractivity contribution in [2.75, 3.05) is 19.7 Å². The van der Waals surface area contributed by atoms with Gasteiger partial charge in [0.25, 0.3) is 0 Å². The molecule has 2 aromatic rings. The molecule has 6 heteroatoms. The van der Waals surface area contributed by atoms with E-state index in [-0.39, 0.29) is 36.7 Å². The van der Waals surface area contributed by atoms with Crippen LogP contribution in [0.3, 0.4) is 0 Å². The average Bonchev–Trinajstić information content (AvgIpc) is 2.79. The van der Waals surface area contributed by atoms with E-state index in [1.807, 2.05) is 26.0 Å². The highest BCUT2D eigenvalue weighted by atomic mass is 16.9. The summed E-state index contributed by atoms with van der Waals surface area (Å²) in [5.41, 5.74) is 2.53. The summed E-state index contributed by atoms with van der Waals surface area (Å²) >= 11 is 0. The number of hydrogen-bond acceptors (Lipinski definition) is 6. The quantitative estimate of drug-likeness (QED) is 0.527. The Kier molecular flexibility index (Phi) is 8.15. The monoisotopic (exact) mass is 452 g/mol. The summed E-state index contributed by atoms with van der Waals surface area (Å²) in [6, 6.07) is 21.4. The Morgan fingerprint density at radius 2 is 1.67 bits per heavy atom. The molecular weight excluding hydrogens is 416 g/mol. The molecule has 2 saturated heterocycles. The molecule has 0 spiro atoms. The molecule has 6 nitrogen and oxygen atoms in total. The second-order valence-electron chi connectivity index (χ2n) is 9.04. The number of carbonyl (C=O) groups excluding carboxylic acids is 1. The lowest BCUT2D eigenvalue weighted by molar-refractivity contribution is -0.380. The van der Waals surface area contributed by atoms with Gasteiger partial charge in [0.15, 0.2) is 12.6 Å². The van der Waals surface area contributed by atoms with Crippen molar-refractivity contribution >= 4 is 5.97 Å². The minimum Gasteiger partial charge on any atom is -0.466 e. The van der Waals surface area contributed by atoms with E-state index in [1.54, 1.807) is 0 Å². The standard InChI is InChI=1S/C27H36N2O4/c1-4-31-26(30)15-24-18-28(17-22-11-7-5-8-12-22)19-25(16-27-32-21(3)33-27)29(24)20(2)23-13-9-6-10-14-23/h5-14,20-21,24-25,27H,4,15-19H2,1-3H3/t20-,21?,24?,25?,27?/m1/s1. The van der Waals surface area contributed by atoms with Crippen molar-refractivity contribution in [2.45, 2.75) is 70.9 Å². The zero-order valence-electron chi connectivity index (χ0n) is 19.9. The maximum Gasteiger partial charge on any atom is 0.307 e. The Bertz CT molecular complexity index is 872. The number of carbonyl (C=O) groups is 1. The van der Waals surface area contributed by atoms with Gasteiger partial charge in [-0.05, 0) is 31.9 Å². The van der Waals surface area contributed by atoms with Crippen molar-refractivity contribution in [3.8, 4) is 0 Å². The fourth-order valence-corrected chi connectivity index (χ4v) is 5.21. The summed E-state index contributed by atoms with van der Waals surface area (Å²) in [6.45, 7) is 8.98. The van der Waals surface area contributed by atoms with Crippen LogP contribution < -0.4 is 0 Å². The van der Waals surface area contributed by atoms with Gasteiger partial charge in [-0.2, -0.15) is 0 Å². The molecule has 0 aliphatic carbocycles. The summed E-state index contributed by atoms with van der Waals surface area (Å²) in [7, 11) is 0. The number of benzene rings is 2. The van der Waals surface area contributed by atoms with Crippen LogP contribution in [-0.4, -0.2) is 60.1 Å². The third-order valence-electron chi connectivity index (χ3n) is 6.62. The first kappa shape index (κ1) is 23.9. The van der Waals surface area contributed by atoms with Crippen LogP contribution in [0.2, 0.25) is 0 Å². The summed E-state index contributed by atoms with van der Waals surface area (Å²) < 4.78 is 17.0. The highest BCUT2D eigenvalue weighted by molar-refractivity contribution is 5.70. The molecule has 2 fully saturated rings. The van der Waals surface area contributed by atoms with Crippen molar-refractivity contribution in [1.29, 1.82) is 0 Å². The molecule has 0 bridgehead atoms. The van der Waals surface area contributed by atoms with E-state index in [9.17, 15) is 4.79 Å². The topological polar surface area (TPSA) is 51.2 Å². The van der Waals surface area contributed by atoms with Crippen molar-refractivity contribution in [3.63, 3.8) is 0 Å². The molecule has 0 N–H and O–H groups in total. The van der Waals surface area contributed by atoms with E-state index < -0.39 is 0 Å². The van der Waals surface area contributed by atoms with Crippen LogP contribution in [0.15, 0.2) is 60.7 Å². The van der Waals surface area contributed by atoms with Crippen LogP contribution in [0.5, 0.6) is 0 Å². The van der Waals surface area contributed by atoms with Gasteiger partial charge >= 0.3 is 5.97 Å². The number of piperazine rings is 1. The predicted octanol–water partition coefficient (Wildman–Crippen LogP) is 4.36. The molecule has 2 aliphatic rings. The second kappa shape index (κ2) is 11.3. The van der Waals surface area contributed by atoms with Gasteiger partial charge in [-0.1, -0.05) is 60.7 Å². The number of ether oxygens (including phenoxy) is 3. The van der Waals surface area contributed by atoms with Crippen LogP contribution in [0.1, 0.15) is 50.8 Å². The van der Waals surface area contributed by atoms with Crippen molar-refractivity contribution in [1.82, 2.24) is 9.80 Å². The van der Waals surface area contributed by atoms with E-state index in [2.05, 4.69) is 65.3 Å². The maximum absolute atomic E-state index is 12.6. The Balaban J connectivity index is 1.60. The van der Waals surface area contributed by atoms with Crippen LogP contribution in [0, 0.1) is 0 Å². The van der Waals surface area contributed by atoms with Crippen LogP contribution >= 0.6 is 0 Å². The maximum atomic E-state index is 12.6. The average molecular weight is 453 g/mol. The van der Waals surface area contributed by atoms with Crippen LogP contribution in [0.4, 0.5) is 0 Å². The first-order chi connectivity index (χ1) is 16.0. The Morgan fingerprint density at radius 1 is 1.03 bits per heavy atom. The molecule has 2 aliphatic heterocycles. The van der Waals surface area contributed by atoms with E-state index in [1.165, 1.54) is 11.1 Å². The molecule has 2 heterocycles. The highest BCUT2D eigenvalue weighted by Crippen LogP contribution is 2.34. The van der Waals surface area contributed by atoms with E-state index in [4.69, 9.17) is 14.2 Å². The molecule has 0 saturated carbocycles. The van der Waals surface area contributed by atoms with Crippen molar-refractivity contribution in [3.05, 3.63) is 71.8 Å². The zero-order valence-corrected chi connectivity index (χ0v) is 19.9. The minimum atomic E-state index is -0.199. The Hall–Kier alpha value is -2.25. The van der Waals surface area contributed by atoms with Gasteiger partial charge in [0, 0.05) is 44.2 Å². The molecule has 0 amide bonds. The third kappa shape index (κ3) is 6.21. The zero-order chi connectivity index (χ0) is 23.2. The fourth-order valence-electron chi connectivity index (χ4n) is 5.21. The van der Waals surface area contributed by atoms with Crippen molar-refractivity contribution in [2.24, 2.45) is 0 Å². The molecule has 2 aromatic carbocycles. The van der Waals surface area contributed by atoms with E-state index >= 15 is 0 Å². The summed E-state index contributed by atoms with van der Waals surface area (Å²) in [4.78, 5) is 17.6. The minimum absolute atomic E-state index is 0.0409. The molecular formula is C27H36N2O4. The molecule has 2 unspecified atom stereocenters. The first-order valence-corrected chi connectivity index (χ1v) is 12.1. The summed E-state index contributed by atoms with van der Waals surface area (Å²) in [5, 5.41) is 0. The SMILES string of the molecule is CCOC(=O)CC1CN(Cc2ccccc2)CC(CC2OC(C)O2)N1[C@H](C)c1ccccc1. The summed E-state index contributed by atoms with van der Waals surface area (Å²) in [5.74, 6) is -0.141. The molecule has 33 heavy (non-hydrogen) atoms. The number of nitrogens with zero attached hydrogens (tertiary/aromatic N) is 2. The lowest BCUT2D eigenvalue weighted by Gasteiger charge is -2.51. The number of hydrogen-bond donors (Lipinski definition) is 0. The lowest BCUT2D eigenvalue weighted by atomic mass is 9.94. The van der Waals surface area contributed by atoms with Gasteiger partial charge in [0.2, 0.25) is 0 Å². The van der Waals surface area contributed by atoms with Crippen molar-refractivity contribution < 1.29 is 19.0 Å². The van der Waals surface area contributed by atoms with E-state index in [0.717, 1.165) is 26.1 Å². The number of rotatable bonds is 9. The largest absolute Gasteiger partial charge is 0.466 e. The summed E-state index contributed by atoms with van der Waals surface area (Å²) in [6.07, 6.45) is 0.798.